The molecule has 0 saturated heterocycles. The van der Waals surface area contributed by atoms with E-state index in [9.17, 15) is 13.5 Å². The highest BCUT2D eigenvalue weighted by molar-refractivity contribution is 14.0. The number of halogens is 1. The third-order valence-corrected chi connectivity index (χ3v) is 6.45. The highest BCUT2D eigenvalue weighted by atomic mass is 127. The summed E-state index contributed by atoms with van der Waals surface area (Å²) in [4.78, 5) is 4.86. The number of hydrogen-bond acceptors (Lipinski definition) is 4. The van der Waals surface area contributed by atoms with Gasteiger partial charge in [0, 0.05) is 19.1 Å². The number of nitrogens with zero attached hydrogens (tertiary/aromatic N) is 1. The van der Waals surface area contributed by atoms with E-state index in [2.05, 4.69) is 34.2 Å². The molecule has 0 spiro atoms. The van der Waals surface area contributed by atoms with Crippen LogP contribution in [0.2, 0.25) is 0 Å². The normalized spacial score (nSPS) is 14.9. The molecule has 0 heterocycles. The Labute approximate surface area is 198 Å². The summed E-state index contributed by atoms with van der Waals surface area (Å²) >= 11 is 0. The maximum atomic E-state index is 12.2. The Balaban J connectivity index is 0.00000450. The molecule has 0 bridgehead atoms. The van der Waals surface area contributed by atoms with Crippen LogP contribution in [0.4, 0.5) is 0 Å². The number of aliphatic imine (C=N–C) groups is 1. The van der Waals surface area contributed by atoms with E-state index >= 15 is 0 Å². The number of guanidine groups is 1. The summed E-state index contributed by atoms with van der Waals surface area (Å²) in [6.07, 6.45) is 5.18. The highest BCUT2D eigenvalue weighted by Gasteiger charge is 2.28. The molecule has 1 aliphatic carbocycles. The first-order valence-electron chi connectivity index (χ1n) is 10.7. The second-order valence-corrected chi connectivity index (χ2v) is 9.53. The van der Waals surface area contributed by atoms with E-state index in [-0.39, 0.29) is 34.9 Å². The molecule has 0 aliphatic heterocycles. The first-order chi connectivity index (χ1) is 13.8. The van der Waals surface area contributed by atoms with Crippen LogP contribution in [-0.2, 0) is 16.6 Å². The quantitative estimate of drug-likeness (QED) is 0.181. The van der Waals surface area contributed by atoms with Crippen LogP contribution in [0, 0.1) is 0 Å². The van der Waals surface area contributed by atoms with Crippen molar-refractivity contribution in [2.45, 2.75) is 82.4 Å². The van der Waals surface area contributed by atoms with E-state index in [1.54, 1.807) is 24.3 Å². The number of benzene rings is 1. The second-order valence-electron chi connectivity index (χ2n) is 7.81. The first-order valence-corrected chi connectivity index (χ1v) is 12.2. The molecule has 172 valence electrons. The minimum Gasteiger partial charge on any atom is -0.388 e. The van der Waals surface area contributed by atoms with Crippen molar-refractivity contribution in [3.05, 3.63) is 29.8 Å². The van der Waals surface area contributed by atoms with Gasteiger partial charge in [0.05, 0.1) is 17.0 Å². The van der Waals surface area contributed by atoms with Crippen LogP contribution in [-0.4, -0.2) is 44.2 Å². The van der Waals surface area contributed by atoms with Crippen LogP contribution >= 0.6 is 24.0 Å². The first kappa shape index (κ1) is 27.1. The van der Waals surface area contributed by atoms with Gasteiger partial charge >= 0.3 is 0 Å². The maximum absolute atomic E-state index is 12.2. The Kier molecular flexibility index (Phi) is 11.6. The molecule has 2 rings (SSSR count). The number of nitrogens with one attached hydrogen (secondary N) is 3. The van der Waals surface area contributed by atoms with Gasteiger partial charge in [0.1, 0.15) is 0 Å². The predicted octanol–water partition coefficient (Wildman–Crippen LogP) is 3.13. The van der Waals surface area contributed by atoms with Crippen LogP contribution in [0.3, 0.4) is 0 Å². The van der Waals surface area contributed by atoms with Crippen LogP contribution in [0.15, 0.2) is 34.2 Å². The molecular weight excluding hydrogens is 515 g/mol. The monoisotopic (exact) mass is 552 g/mol. The van der Waals surface area contributed by atoms with Gasteiger partial charge < -0.3 is 15.7 Å². The molecule has 9 heteroatoms. The molecule has 4 N–H and O–H groups in total. The molecule has 1 aromatic carbocycles. The fourth-order valence-electron chi connectivity index (χ4n) is 3.26. The SMILES string of the molecule is CCCC(O)(CCC)CNC(=NCc1ccc(S(=O)(=O)NC2CC2)cc1)NCC.I. The lowest BCUT2D eigenvalue weighted by Crippen LogP contribution is -2.47. The summed E-state index contributed by atoms with van der Waals surface area (Å²) in [6, 6.07) is 6.92. The molecule has 0 atom stereocenters. The standard InChI is InChI=1S/C21H36N4O3S.HI/c1-4-13-21(26,14-5-2)16-24-20(22-6-3)23-15-17-7-11-19(12-8-17)29(27,28)25-18-9-10-18;/h7-8,11-12,18,25-26H,4-6,9-10,13-16H2,1-3H3,(H2,22,23,24);1H. The lowest BCUT2D eigenvalue weighted by Gasteiger charge is -2.28. The number of aliphatic hydroxyl groups is 1. The summed E-state index contributed by atoms with van der Waals surface area (Å²) in [5, 5.41) is 17.2. The van der Waals surface area contributed by atoms with E-state index in [1.807, 2.05) is 6.92 Å². The van der Waals surface area contributed by atoms with Gasteiger partial charge in [0.2, 0.25) is 10.0 Å². The maximum Gasteiger partial charge on any atom is 0.240 e. The predicted molar refractivity (Wildman–Crippen MR) is 133 cm³/mol. The summed E-state index contributed by atoms with van der Waals surface area (Å²) in [6.45, 7) is 7.73. The average Bonchev–Trinajstić information content (AvgIpc) is 3.48. The molecule has 1 fully saturated rings. The van der Waals surface area contributed by atoms with Gasteiger partial charge in [-0.25, -0.2) is 18.1 Å². The van der Waals surface area contributed by atoms with Crippen LogP contribution < -0.4 is 15.4 Å². The lowest BCUT2D eigenvalue weighted by atomic mass is 9.93. The largest absolute Gasteiger partial charge is 0.388 e. The van der Waals surface area contributed by atoms with Crippen molar-refractivity contribution >= 4 is 40.0 Å². The van der Waals surface area contributed by atoms with E-state index in [0.717, 1.165) is 50.6 Å². The molecule has 7 nitrogen and oxygen atoms in total. The summed E-state index contributed by atoms with van der Waals surface area (Å²) in [7, 11) is -3.43. The number of hydrogen-bond donors (Lipinski definition) is 4. The van der Waals surface area contributed by atoms with Gasteiger partial charge in [-0.2, -0.15) is 0 Å². The van der Waals surface area contributed by atoms with Gasteiger partial charge in [0.25, 0.3) is 0 Å². The second kappa shape index (κ2) is 12.8. The Morgan fingerprint density at radius 3 is 2.20 bits per heavy atom. The molecule has 0 radical (unpaired) electrons. The number of sulfonamides is 1. The van der Waals surface area contributed by atoms with Crippen LogP contribution in [0.1, 0.15) is 64.9 Å². The van der Waals surface area contributed by atoms with Crippen molar-refractivity contribution in [2.24, 2.45) is 4.99 Å². The fraction of sp³-hybridized carbons (Fsp3) is 0.667. The Morgan fingerprint density at radius 2 is 1.70 bits per heavy atom. The minimum absolute atomic E-state index is 0. The smallest absolute Gasteiger partial charge is 0.240 e. The molecule has 0 amide bonds. The fourth-order valence-corrected chi connectivity index (χ4v) is 4.56. The Morgan fingerprint density at radius 1 is 1.10 bits per heavy atom. The average molecular weight is 553 g/mol. The van der Waals surface area contributed by atoms with Crippen molar-refractivity contribution in [3.8, 4) is 0 Å². The summed E-state index contributed by atoms with van der Waals surface area (Å²) in [5.74, 6) is 0.644. The van der Waals surface area contributed by atoms with E-state index in [0.29, 0.717) is 19.0 Å². The Bertz CT molecular complexity index is 759. The van der Waals surface area contributed by atoms with Crippen molar-refractivity contribution in [1.29, 1.82) is 0 Å². The highest BCUT2D eigenvalue weighted by Crippen LogP contribution is 2.22. The third kappa shape index (κ3) is 9.07. The van der Waals surface area contributed by atoms with Crippen LogP contribution in [0.25, 0.3) is 0 Å². The van der Waals surface area contributed by atoms with Gasteiger partial charge in [0.15, 0.2) is 5.96 Å². The van der Waals surface area contributed by atoms with E-state index in [1.165, 1.54) is 0 Å². The molecule has 0 aromatic heterocycles. The Hall–Kier alpha value is -0.910. The van der Waals surface area contributed by atoms with Crippen molar-refractivity contribution < 1.29 is 13.5 Å². The molecule has 1 saturated carbocycles. The van der Waals surface area contributed by atoms with Crippen molar-refractivity contribution in [2.75, 3.05) is 13.1 Å². The van der Waals surface area contributed by atoms with E-state index < -0.39 is 15.6 Å². The van der Waals surface area contributed by atoms with Crippen LogP contribution in [0.5, 0.6) is 0 Å². The summed E-state index contributed by atoms with van der Waals surface area (Å²) < 4.78 is 27.2. The molecular formula is C21H37IN4O3S. The molecule has 1 aliphatic rings. The van der Waals surface area contributed by atoms with Gasteiger partial charge in [-0.15, -0.1) is 24.0 Å². The lowest BCUT2D eigenvalue weighted by molar-refractivity contribution is 0.0257. The molecule has 30 heavy (non-hydrogen) atoms. The number of rotatable bonds is 12. The third-order valence-electron chi connectivity index (χ3n) is 4.91. The van der Waals surface area contributed by atoms with Gasteiger partial charge in [-0.1, -0.05) is 38.8 Å². The van der Waals surface area contributed by atoms with Gasteiger partial charge in [-0.3, -0.25) is 0 Å². The zero-order chi connectivity index (χ0) is 21.3. The van der Waals surface area contributed by atoms with E-state index in [4.69, 9.17) is 0 Å². The molecule has 0 unspecified atom stereocenters. The molecule has 1 aromatic rings. The zero-order valence-electron chi connectivity index (χ0n) is 18.3. The topological polar surface area (TPSA) is 103 Å². The summed E-state index contributed by atoms with van der Waals surface area (Å²) in [5.41, 5.74) is 0.189. The minimum atomic E-state index is -3.43. The van der Waals surface area contributed by atoms with Crippen molar-refractivity contribution in [3.63, 3.8) is 0 Å². The van der Waals surface area contributed by atoms with Crippen molar-refractivity contribution in [1.82, 2.24) is 15.4 Å². The zero-order valence-corrected chi connectivity index (χ0v) is 21.4. The van der Waals surface area contributed by atoms with Gasteiger partial charge in [-0.05, 0) is 50.3 Å².